The second-order valence-electron chi connectivity index (χ2n) is 7.76. The zero-order valence-electron chi connectivity index (χ0n) is 17.1. The minimum Gasteiger partial charge on any atom is -0.335 e. The topological polar surface area (TPSA) is 129 Å². The molecule has 0 atom stereocenters. The SMILES string of the molecule is CC(C)(C)c1ccc(-c2nnc(SCC(=O)Nc3ccc(Cl)cc3[N+](=O)[O-])n2N)cc1. The molecule has 1 heterocycles. The van der Waals surface area contributed by atoms with Gasteiger partial charge in [0.15, 0.2) is 5.82 Å². The molecule has 11 heteroatoms. The average molecular weight is 461 g/mol. The summed E-state index contributed by atoms with van der Waals surface area (Å²) in [6.45, 7) is 6.39. The smallest absolute Gasteiger partial charge is 0.294 e. The lowest BCUT2D eigenvalue weighted by molar-refractivity contribution is -0.383. The Kier molecular flexibility index (Phi) is 6.51. The van der Waals surface area contributed by atoms with E-state index < -0.39 is 10.8 Å². The number of thioether (sulfide) groups is 1. The van der Waals surface area contributed by atoms with Crippen molar-refractivity contribution in [2.24, 2.45) is 0 Å². The summed E-state index contributed by atoms with van der Waals surface area (Å²) in [6.07, 6.45) is 0. The highest BCUT2D eigenvalue weighted by atomic mass is 35.5. The molecule has 0 saturated heterocycles. The van der Waals surface area contributed by atoms with Gasteiger partial charge < -0.3 is 11.2 Å². The number of carbonyl (C=O) groups is 1. The first-order valence-corrected chi connectivity index (χ1v) is 10.6. The number of nitrogen functional groups attached to an aromatic ring is 1. The van der Waals surface area contributed by atoms with Crippen LogP contribution in [0.2, 0.25) is 5.02 Å². The van der Waals surface area contributed by atoms with Gasteiger partial charge in [-0.05, 0) is 23.1 Å². The molecule has 0 bridgehead atoms. The highest BCUT2D eigenvalue weighted by Crippen LogP contribution is 2.29. The van der Waals surface area contributed by atoms with Crippen molar-refractivity contribution in [1.82, 2.24) is 14.9 Å². The summed E-state index contributed by atoms with van der Waals surface area (Å²) < 4.78 is 1.31. The van der Waals surface area contributed by atoms with Crippen LogP contribution >= 0.6 is 23.4 Å². The number of benzene rings is 2. The fraction of sp³-hybridized carbons (Fsp3) is 0.250. The number of carbonyl (C=O) groups excluding carboxylic acids is 1. The Labute approximate surface area is 188 Å². The predicted octanol–water partition coefficient (Wildman–Crippen LogP) is 4.25. The molecule has 162 valence electrons. The summed E-state index contributed by atoms with van der Waals surface area (Å²) >= 11 is 6.86. The van der Waals surface area contributed by atoms with E-state index in [1.54, 1.807) is 0 Å². The molecular weight excluding hydrogens is 440 g/mol. The van der Waals surface area contributed by atoms with Gasteiger partial charge in [0.05, 0.1) is 10.7 Å². The molecule has 0 unspecified atom stereocenters. The van der Waals surface area contributed by atoms with Crippen molar-refractivity contribution in [3.05, 3.63) is 63.2 Å². The van der Waals surface area contributed by atoms with Gasteiger partial charge in [-0.2, -0.15) is 0 Å². The van der Waals surface area contributed by atoms with Crippen molar-refractivity contribution in [2.45, 2.75) is 31.3 Å². The van der Waals surface area contributed by atoms with Crippen LogP contribution in [-0.2, 0) is 10.2 Å². The van der Waals surface area contributed by atoms with Crippen LogP contribution in [0.5, 0.6) is 0 Å². The van der Waals surface area contributed by atoms with E-state index in [9.17, 15) is 14.9 Å². The molecular formula is C20H21ClN6O3S. The standard InChI is InChI=1S/C20H21ClN6O3S/c1-20(2,3)13-6-4-12(5-7-13)18-24-25-19(26(18)22)31-11-17(28)23-15-9-8-14(21)10-16(15)27(29)30/h4-10H,11,22H2,1-3H3,(H,23,28). The number of nitrogens with zero attached hydrogens (tertiary/aromatic N) is 4. The summed E-state index contributed by atoms with van der Waals surface area (Å²) in [4.78, 5) is 22.8. The molecule has 1 aromatic heterocycles. The molecule has 3 aromatic rings. The lowest BCUT2D eigenvalue weighted by Crippen LogP contribution is -2.17. The van der Waals surface area contributed by atoms with E-state index in [1.165, 1.54) is 28.4 Å². The number of nitrogens with one attached hydrogen (secondary N) is 1. The minimum atomic E-state index is -0.609. The number of amides is 1. The largest absolute Gasteiger partial charge is 0.335 e. The van der Waals surface area contributed by atoms with Crippen LogP contribution in [0, 0.1) is 10.1 Å². The number of nitro benzene ring substituents is 1. The maximum Gasteiger partial charge on any atom is 0.294 e. The summed E-state index contributed by atoms with van der Waals surface area (Å²) in [6, 6.07) is 11.9. The third-order valence-electron chi connectivity index (χ3n) is 4.44. The number of nitrogens with two attached hydrogens (primary N) is 1. The first-order valence-electron chi connectivity index (χ1n) is 9.24. The molecule has 0 spiro atoms. The van der Waals surface area contributed by atoms with Gasteiger partial charge in [-0.1, -0.05) is 68.4 Å². The van der Waals surface area contributed by atoms with Gasteiger partial charge in [0.1, 0.15) is 5.69 Å². The van der Waals surface area contributed by atoms with Gasteiger partial charge in [-0.25, -0.2) is 4.68 Å². The van der Waals surface area contributed by atoms with Gasteiger partial charge in [-0.15, -0.1) is 10.2 Å². The summed E-state index contributed by atoms with van der Waals surface area (Å²) in [5.41, 5.74) is 1.79. The molecule has 0 fully saturated rings. The van der Waals surface area contributed by atoms with Crippen LogP contribution in [0.3, 0.4) is 0 Å². The van der Waals surface area contributed by atoms with Crippen molar-refractivity contribution in [3.8, 4) is 11.4 Å². The summed E-state index contributed by atoms with van der Waals surface area (Å²) in [7, 11) is 0. The van der Waals surface area contributed by atoms with Crippen LogP contribution in [0.15, 0.2) is 47.6 Å². The normalized spacial score (nSPS) is 11.4. The molecule has 0 aliphatic carbocycles. The molecule has 3 rings (SSSR count). The van der Waals surface area contributed by atoms with Gasteiger partial charge in [0, 0.05) is 16.7 Å². The lowest BCUT2D eigenvalue weighted by Gasteiger charge is -2.19. The van der Waals surface area contributed by atoms with Crippen LogP contribution in [-0.4, -0.2) is 31.5 Å². The number of halogens is 1. The first-order chi connectivity index (χ1) is 14.6. The van der Waals surface area contributed by atoms with E-state index in [-0.39, 0.29) is 27.6 Å². The predicted molar refractivity (Wildman–Crippen MR) is 122 cm³/mol. The second kappa shape index (κ2) is 8.94. The van der Waals surface area contributed by atoms with E-state index in [0.29, 0.717) is 11.0 Å². The zero-order valence-corrected chi connectivity index (χ0v) is 18.7. The minimum absolute atomic E-state index is 0.0302. The molecule has 0 saturated carbocycles. The Morgan fingerprint density at radius 1 is 1.23 bits per heavy atom. The van der Waals surface area contributed by atoms with E-state index in [4.69, 9.17) is 17.4 Å². The van der Waals surface area contributed by atoms with Crippen molar-refractivity contribution < 1.29 is 9.72 Å². The maximum atomic E-state index is 12.3. The second-order valence-corrected chi connectivity index (χ2v) is 9.14. The van der Waals surface area contributed by atoms with Crippen LogP contribution < -0.4 is 11.2 Å². The van der Waals surface area contributed by atoms with Gasteiger partial charge in [-0.3, -0.25) is 14.9 Å². The quantitative estimate of drug-likeness (QED) is 0.243. The molecule has 2 aromatic carbocycles. The number of hydrogen-bond acceptors (Lipinski definition) is 7. The molecule has 1 amide bonds. The van der Waals surface area contributed by atoms with Crippen LogP contribution in [0.25, 0.3) is 11.4 Å². The molecule has 9 nitrogen and oxygen atoms in total. The Bertz CT molecular complexity index is 1120. The fourth-order valence-corrected chi connectivity index (χ4v) is 3.59. The van der Waals surface area contributed by atoms with Gasteiger partial charge >= 0.3 is 0 Å². The van der Waals surface area contributed by atoms with Crippen LogP contribution in [0.1, 0.15) is 26.3 Å². The zero-order chi connectivity index (χ0) is 22.8. The van der Waals surface area contributed by atoms with E-state index in [2.05, 4.69) is 36.3 Å². The first kappa shape index (κ1) is 22.6. The maximum absolute atomic E-state index is 12.3. The molecule has 0 radical (unpaired) electrons. The Morgan fingerprint density at radius 2 is 1.90 bits per heavy atom. The van der Waals surface area contributed by atoms with Crippen molar-refractivity contribution in [2.75, 3.05) is 16.9 Å². The van der Waals surface area contributed by atoms with E-state index >= 15 is 0 Å². The number of hydrogen-bond donors (Lipinski definition) is 2. The summed E-state index contributed by atoms with van der Waals surface area (Å²) in [5, 5.41) is 22.4. The monoisotopic (exact) mass is 460 g/mol. The molecule has 0 aliphatic rings. The highest BCUT2D eigenvalue weighted by Gasteiger charge is 2.19. The van der Waals surface area contributed by atoms with E-state index in [0.717, 1.165) is 17.3 Å². The number of anilines is 1. The van der Waals surface area contributed by atoms with Crippen molar-refractivity contribution in [3.63, 3.8) is 0 Å². The van der Waals surface area contributed by atoms with E-state index in [1.807, 2.05) is 24.3 Å². The molecule has 31 heavy (non-hydrogen) atoms. The van der Waals surface area contributed by atoms with Gasteiger partial charge in [0.2, 0.25) is 11.1 Å². The Hall–Kier alpha value is -3.11. The average Bonchev–Trinajstić information content (AvgIpc) is 3.07. The third-order valence-corrected chi connectivity index (χ3v) is 5.61. The van der Waals surface area contributed by atoms with Gasteiger partial charge in [0.25, 0.3) is 5.69 Å². The summed E-state index contributed by atoms with van der Waals surface area (Å²) in [5.74, 6) is 6.08. The highest BCUT2D eigenvalue weighted by molar-refractivity contribution is 7.99. The Morgan fingerprint density at radius 3 is 2.52 bits per heavy atom. The number of rotatable bonds is 6. The third kappa shape index (κ3) is 5.33. The Balaban J connectivity index is 1.68. The van der Waals surface area contributed by atoms with Crippen molar-refractivity contribution >= 4 is 40.6 Å². The molecule has 3 N–H and O–H groups in total. The fourth-order valence-electron chi connectivity index (χ4n) is 2.77. The van der Waals surface area contributed by atoms with Crippen molar-refractivity contribution in [1.29, 1.82) is 0 Å². The number of nitro groups is 1. The lowest BCUT2D eigenvalue weighted by atomic mass is 9.87. The molecule has 0 aliphatic heterocycles. The van der Waals surface area contributed by atoms with Crippen LogP contribution in [0.4, 0.5) is 11.4 Å². The number of aromatic nitrogens is 3.